The van der Waals surface area contributed by atoms with Crippen molar-refractivity contribution in [3.63, 3.8) is 0 Å². The first-order valence-electron chi connectivity index (χ1n) is 6.09. The Morgan fingerprint density at radius 2 is 1.84 bits per heavy atom. The van der Waals surface area contributed by atoms with Gasteiger partial charge in [-0.3, -0.25) is 9.59 Å². The lowest BCUT2D eigenvalue weighted by atomic mass is 9.85. The van der Waals surface area contributed by atoms with Crippen LogP contribution in [0.25, 0.3) is 0 Å². The molecular weight excluding hydrogens is 266 g/mol. The molecule has 0 aliphatic heterocycles. The maximum Gasteiger partial charge on any atom is 0.255 e. The van der Waals surface area contributed by atoms with Crippen molar-refractivity contribution in [3.8, 4) is 0 Å². The molecule has 1 aliphatic rings. The fraction of sp³-hybridized carbons (Fsp3) is 0.545. The van der Waals surface area contributed by atoms with Crippen molar-refractivity contribution in [1.82, 2.24) is 4.37 Å². The van der Waals surface area contributed by atoms with Crippen molar-refractivity contribution in [2.24, 2.45) is 17.4 Å². The van der Waals surface area contributed by atoms with Crippen molar-refractivity contribution in [1.29, 1.82) is 0 Å². The van der Waals surface area contributed by atoms with Gasteiger partial charge < -0.3 is 22.5 Å². The number of rotatable bonds is 4. The second-order valence-corrected chi connectivity index (χ2v) is 5.50. The molecule has 0 saturated heterocycles. The predicted octanol–water partition coefficient (Wildman–Crippen LogP) is 0.280. The van der Waals surface area contributed by atoms with Crippen LogP contribution < -0.4 is 22.5 Å². The van der Waals surface area contributed by atoms with Crippen LogP contribution in [-0.2, 0) is 4.79 Å². The number of anilines is 2. The van der Waals surface area contributed by atoms with Crippen molar-refractivity contribution >= 4 is 34.2 Å². The molecule has 1 saturated carbocycles. The smallest absolute Gasteiger partial charge is 0.255 e. The van der Waals surface area contributed by atoms with Crippen LogP contribution in [0.5, 0.6) is 0 Å². The van der Waals surface area contributed by atoms with Crippen molar-refractivity contribution < 1.29 is 9.59 Å². The van der Waals surface area contributed by atoms with Crippen LogP contribution in [0.3, 0.4) is 0 Å². The lowest BCUT2D eigenvalue weighted by Crippen LogP contribution is -2.32. The molecule has 8 heteroatoms. The standard InChI is InChI=1S/C11H17N5O2S/c12-8-7(10(14)18)11(19-16-8)15-6-3-1-5(2-4-6)9(13)17/h5-6,15H,1-4H2,(H2,12,16)(H2,13,17)(H2,14,18). The van der Waals surface area contributed by atoms with Gasteiger partial charge in [0.2, 0.25) is 5.91 Å². The summed E-state index contributed by atoms with van der Waals surface area (Å²) in [6.45, 7) is 0. The summed E-state index contributed by atoms with van der Waals surface area (Å²) in [5.41, 5.74) is 16.4. The molecule has 0 bridgehead atoms. The summed E-state index contributed by atoms with van der Waals surface area (Å²) in [5.74, 6) is -0.705. The summed E-state index contributed by atoms with van der Waals surface area (Å²) in [6.07, 6.45) is 3.16. The first-order valence-corrected chi connectivity index (χ1v) is 6.87. The van der Waals surface area contributed by atoms with Gasteiger partial charge in [0.25, 0.3) is 5.91 Å². The molecule has 104 valence electrons. The molecule has 19 heavy (non-hydrogen) atoms. The molecule has 1 heterocycles. The summed E-state index contributed by atoms with van der Waals surface area (Å²) in [7, 11) is 0. The SMILES string of the molecule is NC(=O)c1c(N)nsc1NC1CCC(C(N)=O)CC1. The van der Waals surface area contributed by atoms with E-state index in [1.165, 1.54) is 0 Å². The molecule has 0 spiro atoms. The average molecular weight is 283 g/mol. The second kappa shape index (κ2) is 5.43. The molecule has 7 nitrogen and oxygen atoms in total. The number of carbonyl (C=O) groups is 2. The van der Waals surface area contributed by atoms with Crippen LogP contribution in [0.4, 0.5) is 10.8 Å². The Kier molecular flexibility index (Phi) is 3.89. The maximum absolute atomic E-state index is 11.3. The summed E-state index contributed by atoms with van der Waals surface area (Å²) in [4.78, 5) is 22.4. The number of nitrogens with two attached hydrogens (primary N) is 3. The Morgan fingerprint density at radius 3 is 2.37 bits per heavy atom. The third-order valence-corrected chi connectivity index (χ3v) is 4.22. The second-order valence-electron chi connectivity index (χ2n) is 4.73. The zero-order valence-electron chi connectivity index (χ0n) is 10.4. The van der Waals surface area contributed by atoms with E-state index in [4.69, 9.17) is 17.2 Å². The Bertz CT molecular complexity index is 493. The van der Waals surface area contributed by atoms with Gasteiger partial charge in [0.05, 0.1) is 0 Å². The number of nitrogens with zero attached hydrogens (tertiary/aromatic N) is 1. The van der Waals surface area contributed by atoms with E-state index in [0.717, 1.165) is 37.2 Å². The minimum absolute atomic E-state index is 0.0415. The largest absolute Gasteiger partial charge is 0.382 e. The highest BCUT2D eigenvalue weighted by Gasteiger charge is 2.26. The van der Waals surface area contributed by atoms with E-state index in [9.17, 15) is 9.59 Å². The summed E-state index contributed by atoms with van der Waals surface area (Å²) in [5, 5.41) is 3.84. The number of hydrogen-bond donors (Lipinski definition) is 4. The van der Waals surface area contributed by atoms with E-state index in [0.29, 0.717) is 5.00 Å². The first-order chi connectivity index (χ1) is 8.99. The van der Waals surface area contributed by atoms with Crippen LogP contribution in [0, 0.1) is 5.92 Å². The summed E-state index contributed by atoms with van der Waals surface area (Å²) >= 11 is 1.13. The molecule has 0 atom stereocenters. The number of nitrogens with one attached hydrogen (secondary N) is 1. The Labute approximate surface area is 114 Å². The van der Waals surface area contributed by atoms with Crippen molar-refractivity contribution in [2.45, 2.75) is 31.7 Å². The van der Waals surface area contributed by atoms with Gasteiger partial charge in [-0.05, 0) is 37.2 Å². The van der Waals surface area contributed by atoms with Gasteiger partial charge in [-0.25, -0.2) is 0 Å². The lowest BCUT2D eigenvalue weighted by Gasteiger charge is -2.27. The van der Waals surface area contributed by atoms with E-state index >= 15 is 0 Å². The molecule has 0 unspecified atom stereocenters. The molecule has 2 amide bonds. The minimum Gasteiger partial charge on any atom is -0.382 e. The Balaban J connectivity index is 2.00. The van der Waals surface area contributed by atoms with Crippen LogP contribution in [0.2, 0.25) is 0 Å². The topological polar surface area (TPSA) is 137 Å². The van der Waals surface area contributed by atoms with E-state index < -0.39 is 5.91 Å². The number of aromatic nitrogens is 1. The van der Waals surface area contributed by atoms with Crippen molar-refractivity contribution in [2.75, 3.05) is 11.1 Å². The molecule has 7 N–H and O–H groups in total. The lowest BCUT2D eigenvalue weighted by molar-refractivity contribution is -0.122. The molecule has 0 radical (unpaired) electrons. The zero-order valence-corrected chi connectivity index (χ0v) is 11.2. The molecule has 1 fully saturated rings. The molecule has 2 rings (SSSR count). The average Bonchev–Trinajstić information content (AvgIpc) is 2.71. The van der Waals surface area contributed by atoms with E-state index in [1.54, 1.807) is 0 Å². The number of primary amides is 2. The van der Waals surface area contributed by atoms with Crippen LogP contribution in [-0.4, -0.2) is 22.2 Å². The van der Waals surface area contributed by atoms with Crippen molar-refractivity contribution in [3.05, 3.63) is 5.56 Å². The molecular formula is C11H17N5O2S. The van der Waals surface area contributed by atoms with E-state index in [-0.39, 0.29) is 29.2 Å². The van der Waals surface area contributed by atoms with Gasteiger partial charge in [-0.1, -0.05) is 0 Å². The van der Waals surface area contributed by atoms with Crippen LogP contribution in [0.1, 0.15) is 36.0 Å². The number of amides is 2. The van der Waals surface area contributed by atoms with Gasteiger partial charge in [0.15, 0.2) is 5.82 Å². The fourth-order valence-corrected chi connectivity index (χ4v) is 3.14. The van der Waals surface area contributed by atoms with Gasteiger partial charge in [-0.15, -0.1) is 0 Å². The Hall–Kier alpha value is -1.83. The van der Waals surface area contributed by atoms with E-state index in [2.05, 4.69) is 9.69 Å². The fourth-order valence-electron chi connectivity index (χ4n) is 2.35. The molecule has 1 aliphatic carbocycles. The molecule has 0 aromatic carbocycles. The number of carbonyl (C=O) groups excluding carboxylic acids is 2. The van der Waals surface area contributed by atoms with Crippen LogP contribution in [0.15, 0.2) is 0 Å². The summed E-state index contributed by atoms with van der Waals surface area (Å²) in [6, 6.07) is 0.188. The predicted molar refractivity (Wildman–Crippen MR) is 73.6 cm³/mol. The van der Waals surface area contributed by atoms with Gasteiger partial charge in [0.1, 0.15) is 10.6 Å². The quantitative estimate of drug-likeness (QED) is 0.629. The monoisotopic (exact) mass is 283 g/mol. The number of hydrogen-bond acceptors (Lipinski definition) is 6. The highest BCUT2D eigenvalue weighted by Crippen LogP contribution is 2.31. The minimum atomic E-state index is -0.584. The van der Waals surface area contributed by atoms with Gasteiger partial charge in [0, 0.05) is 12.0 Å². The third-order valence-electron chi connectivity index (χ3n) is 3.43. The Morgan fingerprint density at radius 1 is 1.21 bits per heavy atom. The highest BCUT2D eigenvalue weighted by atomic mass is 32.1. The van der Waals surface area contributed by atoms with Crippen LogP contribution >= 0.6 is 11.5 Å². The number of nitrogen functional groups attached to an aromatic ring is 1. The summed E-state index contributed by atoms with van der Waals surface area (Å²) < 4.78 is 3.93. The highest BCUT2D eigenvalue weighted by molar-refractivity contribution is 7.11. The normalized spacial score (nSPS) is 22.9. The van der Waals surface area contributed by atoms with Gasteiger partial charge in [-0.2, -0.15) is 4.37 Å². The first kappa shape index (κ1) is 13.6. The zero-order chi connectivity index (χ0) is 14.0. The molecule has 1 aromatic heterocycles. The molecule has 1 aromatic rings. The van der Waals surface area contributed by atoms with E-state index in [1.807, 2.05) is 0 Å². The third kappa shape index (κ3) is 2.95. The maximum atomic E-state index is 11.3. The van der Waals surface area contributed by atoms with Gasteiger partial charge >= 0.3 is 0 Å².